The van der Waals surface area contributed by atoms with Gasteiger partial charge in [-0.25, -0.2) is 0 Å². The first-order valence-corrected chi connectivity index (χ1v) is 9.23. The maximum Gasteiger partial charge on any atom is 0.246 e. The van der Waals surface area contributed by atoms with Gasteiger partial charge in [0, 0.05) is 37.3 Å². The van der Waals surface area contributed by atoms with Crippen molar-refractivity contribution in [3.8, 4) is 11.4 Å². The van der Waals surface area contributed by atoms with E-state index in [9.17, 15) is 0 Å². The van der Waals surface area contributed by atoms with Crippen molar-refractivity contribution in [1.29, 1.82) is 0 Å². The minimum atomic E-state index is 0. The van der Waals surface area contributed by atoms with Crippen molar-refractivity contribution < 1.29 is 9.26 Å². The van der Waals surface area contributed by atoms with Gasteiger partial charge in [-0.3, -0.25) is 4.99 Å². The van der Waals surface area contributed by atoms with Crippen LogP contribution in [0.5, 0.6) is 0 Å². The van der Waals surface area contributed by atoms with E-state index in [2.05, 4.69) is 25.3 Å². The zero-order valence-corrected chi connectivity index (χ0v) is 18.6. The Balaban J connectivity index is 0.00000261. The van der Waals surface area contributed by atoms with Crippen LogP contribution in [-0.2, 0) is 11.3 Å². The van der Waals surface area contributed by atoms with Crippen LogP contribution >= 0.6 is 35.6 Å². The molecule has 0 saturated carbocycles. The van der Waals surface area contributed by atoms with Crippen LogP contribution in [-0.4, -0.2) is 53.8 Å². The molecule has 0 atom stereocenters. The van der Waals surface area contributed by atoms with Crippen molar-refractivity contribution in [1.82, 2.24) is 20.4 Å². The van der Waals surface area contributed by atoms with Crippen molar-refractivity contribution in [2.24, 2.45) is 4.99 Å². The highest BCUT2D eigenvalue weighted by Gasteiger charge is 2.21. The zero-order valence-electron chi connectivity index (χ0n) is 15.5. The third kappa shape index (κ3) is 6.05. The molecule has 3 rings (SSSR count). The lowest BCUT2D eigenvalue weighted by Crippen LogP contribution is -2.46. The number of guanidine groups is 1. The number of halogens is 2. The first-order chi connectivity index (χ1) is 12.7. The number of rotatable bonds is 5. The van der Waals surface area contributed by atoms with Crippen LogP contribution in [0.1, 0.15) is 25.7 Å². The summed E-state index contributed by atoms with van der Waals surface area (Å²) >= 11 is 5.91. The Kier molecular flexibility index (Phi) is 8.78. The molecule has 0 amide bonds. The third-order valence-corrected chi connectivity index (χ3v) is 4.58. The quantitative estimate of drug-likeness (QED) is 0.380. The normalized spacial score (nSPS) is 15.5. The number of benzene rings is 1. The van der Waals surface area contributed by atoms with E-state index in [1.165, 1.54) is 0 Å². The maximum atomic E-state index is 5.91. The number of hydrogen-bond acceptors (Lipinski definition) is 5. The van der Waals surface area contributed by atoms with E-state index in [1.807, 2.05) is 19.1 Å². The predicted molar refractivity (Wildman–Crippen MR) is 117 cm³/mol. The van der Waals surface area contributed by atoms with E-state index in [4.69, 9.17) is 20.9 Å². The summed E-state index contributed by atoms with van der Waals surface area (Å²) in [5, 5.41) is 7.99. The van der Waals surface area contributed by atoms with Crippen LogP contribution in [0.3, 0.4) is 0 Å². The fraction of sp³-hybridized carbons (Fsp3) is 0.500. The number of hydrogen-bond donors (Lipinski definition) is 1. The van der Waals surface area contributed by atoms with Gasteiger partial charge in [0.2, 0.25) is 11.7 Å². The summed E-state index contributed by atoms with van der Waals surface area (Å²) in [6, 6.07) is 7.34. The maximum absolute atomic E-state index is 5.91. The Morgan fingerprint density at radius 1 is 1.33 bits per heavy atom. The Bertz CT molecular complexity index is 730. The summed E-state index contributed by atoms with van der Waals surface area (Å²) in [5.41, 5.74) is 0.867. The van der Waals surface area contributed by atoms with Gasteiger partial charge in [0.15, 0.2) is 5.96 Å². The molecular weight excluding hydrogens is 481 g/mol. The number of nitrogens with zero attached hydrogens (tertiary/aromatic N) is 4. The van der Waals surface area contributed by atoms with Gasteiger partial charge in [-0.15, -0.1) is 24.0 Å². The van der Waals surface area contributed by atoms with Crippen LogP contribution in [0.25, 0.3) is 11.4 Å². The molecule has 0 bridgehead atoms. The lowest BCUT2D eigenvalue weighted by molar-refractivity contribution is 0.0263. The summed E-state index contributed by atoms with van der Waals surface area (Å²) in [5.74, 6) is 1.90. The Labute approximate surface area is 181 Å². The van der Waals surface area contributed by atoms with Crippen LogP contribution in [0, 0.1) is 0 Å². The van der Waals surface area contributed by atoms with E-state index < -0.39 is 0 Å². The van der Waals surface area contributed by atoms with Crippen LogP contribution < -0.4 is 5.32 Å². The lowest BCUT2D eigenvalue weighted by Gasteiger charge is -2.33. The number of ether oxygens (including phenoxy) is 1. The zero-order chi connectivity index (χ0) is 18.4. The average molecular weight is 506 g/mol. The minimum Gasteiger partial charge on any atom is -0.378 e. The first kappa shape index (κ1) is 21.9. The Hall–Kier alpha value is -1.39. The van der Waals surface area contributed by atoms with E-state index in [0.717, 1.165) is 44.1 Å². The summed E-state index contributed by atoms with van der Waals surface area (Å²) in [6.45, 7) is 5.08. The molecule has 1 aromatic heterocycles. The molecule has 1 N–H and O–H groups in total. The summed E-state index contributed by atoms with van der Waals surface area (Å²) in [7, 11) is 1.78. The highest BCUT2D eigenvalue weighted by Crippen LogP contribution is 2.19. The van der Waals surface area contributed by atoms with Crippen molar-refractivity contribution in [3.05, 3.63) is 35.2 Å². The predicted octanol–water partition coefficient (Wildman–Crippen LogP) is 3.58. The monoisotopic (exact) mass is 505 g/mol. The molecule has 7 nitrogen and oxygen atoms in total. The first-order valence-electron chi connectivity index (χ1n) is 8.85. The van der Waals surface area contributed by atoms with Gasteiger partial charge in [-0.2, -0.15) is 4.98 Å². The van der Waals surface area contributed by atoms with Crippen molar-refractivity contribution in [3.63, 3.8) is 0 Å². The molecule has 1 aliphatic heterocycles. The standard InChI is InChI=1S/C18H24ClN5O2.HI/c1-3-25-15-8-10-24(11-9-15)18(20-2)21-12-16-22-17(23-26-16)13-4-6-14(19)7-5-13;/h4-7,15H,3,8-12H2,1-2H3,(H,20,21);1H. The molecule has 0 aliphatic carbocycles. The molecule has 0 spiro atoms. The number of likely N-dealkylation sites (tertiary alicyclic amines) is 1. The topological polar surface area (TPSA) is 75.8 Å². The second kappa shape index (κ2) is 10.8. The minimum absolute atomic E-state index is 0. The molecule has 1 aliphatic rings. The summed E-state index contributed by atoms with van der Waals surface area (Å²) < 4.78 is 11.0. The molecule has 2 aromatic rings. The fourth-order valence-electron chi connectivity index (χ4n) is 3.00. The van der Waals surface area contributed by atoms with Gasteiger partial charge in [-0.1, -0.05) is 16.8 Å². The molecule has 0 unspecified atom stereocenters. The van der Waals surface area contributed by atoms with Crippen molar-refractivity contribution in [2.75, 3.05) is 26.7 Å². The van der Waals surface area contributed by atoms with Gasteiger partial charge >= 0.3 is 0 Å². The number of aromatic nitrogens is 2. The molecule has 2 heterocycles. The van der Waals surface area contributed by atoms with E-state index in [1.54, 1.807) is 19.2 Å². The third-order valence-electron chi connectivity index (χ3n) is 4.32. The second-order valence-electron chi connectivity index (χ2n) is 6.06. The van der Waals surface area contributed by atoms with Crippen LogP contribution in [0.4, 0.5) is 0 Å². The highest BCUT2D eigenvalue weighted by atomic mass is 127. The van der Waals surface area contributed by atoms with Crippen molar-refractivity contribution >= 4 is 41.5 Å². The van der Waals surface area contributed by atoms with Crippen LogP contribution in [0.2, 0.25) is 5.02 Å². The van der Waals surface area contributed by atoms with Gasteiger partial charge in [0.1, 0.15) is 0 Å². The van der Waals surface area contributed by atoms with Crippen LogP contribution in [0.15, 0.2) is 33.8 Å². The fourth-order valence-corrected chi connectivity index (χ4v) is 3.13. The number of nitrogens with one attached hydrogen (secondary N) is 1. The largest absolute Gasteiger partial charge is 0.378 e. The van der Waals surface area contributed by atoms with E-state index in [0.29, 0.717) is 29.4 Å². The SMILES string of the molecule is CCOC1CCN(C(=NC)NCc2nc(-c3ccc(Cl)cc3)no2)CC1.I. The molecule has 1 saturated heterocycles. The lowest BCUT2D eigenvalue weighted by atomic mass is 10.1. The molecule has 0 radical (unpaired) electrons. The van der Waals surface area contributed by atoms with Gasteiger partial charge in [-0.05, 0) is 44.0 Å². The number of piperidine rings is 1. The number of aliphatic imine (C=N–C) groups is 1. The molecule has 9 heteroatoms. The molecular formula is C18H25ClIN5O2. The summed E-state index contributed by atoms with van der Waals surface area (Å²) in [6.07, 6.45) is 2.37. The average Bonchev–Trinajstić information content (AvgIpc) is 3.13. The smallest absolute Gasteiger partial charge is 0.246 e. The second-order valence-corrected chi connectivity index (χ2v) is 6.50. The van der Waals surface area contributed by atoms with E-state index >= 15 is 0 Å². The van der Waals surface area contributed by atoms with E-state index in [-0.39, 0.29) is 24.0 Å². The molecule has 1 aromatic carbocycles. The molecule has 1 fully saturated rings. The van der Waals surface area contributed by atoms with Gasteiger partial charge in [0.05, 0.1) is 12.6 Å². The van der Waals surface area contributed by atoms with Gasteiger partial charge in [0.25, 0.3) is 0 Å². The Morgan fingerprint density at radius 2 is 2.04 bits per heavy atom. The highest BCUT2D eigenvalue weighted by molar-refractivity contribution is 14.0. The Morgan fingerprint density at radius 3 is 2.67 bits per heavy atom. The van der Waals surface area contributed by atoms with Crippen molar-refractivity contribution in [2.45, 2.75) is 32.4 Å². The van der Waals surface area contributed by atoms with Gasteiger partial charge < -0.3 is 19.5 Å². The molecule has 27 heavy (non-hydrogen) atoms. The summed E-state index contributed by atoms with van der Waals surface area (Å²) in [4.78, 5) is 11.0. The molecule has 148 valence electrons.